The Hall–Kier alpha value is -4.12. The molecule has 0 bridgehead atoms. The first-order valence-corrected chi connectivity index (χ1v) is 11.5. The molecule has 0 unspecified atom stereocenters. The molecule has 1 atom stereocenters. The van der Waals surface area contributed by atoms with Crippen LogP contribution in [0.5, 0.6) is 5.75 Å². The first kappa shape index (κ1) is 24.0. The zero-order chi connectivity index (χ0) is 25.2. The van der Waals surface area contributed by atoms with E-state index in [2.05, 4.69) is 34.4 Å². The topological polar surface area (TPSA) is 100 Å². The van der Waals surface area contributed by atoms with E-state index >= 15 is 0 Å². The number of nitrogens with one attached hydrogen (secondary N) is 2. The lowest BCUT2D eigenvalue weighted by molar-refractivity contribution is -0.122. The van der Waals surface area contributed by atoms with Gasteiger partial charge in [-0.1, -0.05) is 30.9 Å². The summed E-state index contributed by atoms with van der Waals surface area (Å²) in [6, 6.07) is 10.4. The lowest BCUT2D eigenvalue weighted by Gasteiger charge is -2.26. The Morgan fingerprint density at radius 2 is 2.00 bits per heavy atom. The predicted molar refractivity (Wildman–Crippen MR) is 133 cm³/mol. The molecule has 0 aromatic heterocycles. The van der Waals surface area contributed by atoms with E-state index in [4.69, 9.17) is 4.74 Å². The largest absolute Gasteiger partial charge is 0.497 e. The van der Waals surface area contributed by atoms with Crippen LogP contribution in [-0.2, 0) is 11.3 Å². The molecular weight excluding hydrogens is 444 g/mol. The van der Waals surface area contributed by atoms with Crippen LogP contribution in [0.1, 0.15) is 52.9 Å². The van der Waals surface area contributed by atoms with Crippen molar-refractivity contribution in [3.8, 4) is 17.6 Å². The molecule has 2 aromatic carbocycles. The van der Waals surface area contributed by atoms with Crippen molar-refractivity contribution in [1.29, 1.82) is 0 Å². The standard InChI is InChI=1S/C27H28N4O4/c1-5-12-28-18(3)22-9-6-19(13-17(22)2)10-11-27(25(33)29-26(34)30-27)16-31-15-20-7-8-21(35-4)14-23(20)24(31)32/h6-9,13-14H,5,12,15-16H2,1-4H3,(H2,29,30,33,34)/b28-18+/t27-/m1/s1. The Labute approximate surface area is 204 Å². The van der Waals surface area contributed by atoms with Crippen LogP contribution in [0.15, 0.2) is 41.4 Å². The van der Waals surface area contributed by atoms with E-state index in [1.165, 1.54) is 12.0 Å². The number of hydrogen-bond acceptors (Lipinski definition) is 5. The first-order valence-electron chi connectivity index (χ1n) is 11.5. The molecule has 4 amide bonds. The monoisotopic (exact) mass is 472 g/mol. The first-order chi connectivity index (χ1) is 16.8. The molecule has 2 aromatic rings. The number of carbonyl (C=O) groups excluding carboxylic acids is 3. The van der Waals surface area contributed by atoms with Gasteiger partial charge in [-0.05, 0) is 61.2 Å². The van der Waals surface area contributed by atoms with Crippen molar-refractivity contribution in [3.05, 3.63) is 64.2 Å². The number of hydrogen-bond donors (Lipinski definition) is 2. The minimum absolute atomic E-state index is 0.0761. The molecule has 2 heterocycles. The van der Waals surface area contributed by atoms with Crippen molar-refractivity contribution in [3.63, 3.8) is 0 Å². The number of amides is 4. The van der Waals surface area contributed by atoms with Crippen LogP contribution in [0.4, 0.5) is 4.79 Å². The smallest absolute Gasteiger partial charge is 0.323 e. The molecule has 8 nitrogen and oxygen atoms in total. The van der Waals surface area contributed by atoms with E-state index in [0.29, 0.717) is 23.4 Å². The van der Waals surface area contributed by atoms with E-state index in [1.54, 1.807) is 12.1 Å². The summed E-state index contributed by atoms with van der Waals surface area (Å²) in [6.45, 7) is 7.07. The number of fused-ring (bicyclic) bond motifs is 1. The third-order valence-corrected chi connectivity index (χ3v) is 6.17. The summed E-state index contributed by atoms with van der Waals surface area (Å²) in [6.07, 6.45) is 0.980. The molecule has 2 aliphatic rings. The summed E-state index contributed by atoms with van der Waals surface area (Å²) in [5.74, 6) is 5.75. The van der Waals surface area contributed by atoms with Gasteiger partial charge in [0.25, 0.3) is 11.8 Å². The van der Waals surface area contributed by atoms with Crippen LogP contribution in [0, 0.1) is 18.8 Å². The highest BCUT2D eigenvalue weighted by Crippen LogP contribution is 2.28. The molecule has 2 N–H and O–H groups in total. The van der Waals surface area contributed by atoms with E-state index in [0.717, 1.165) is 35.4 Å². The molecule has 2 aliphatic heterocycles. The summed E-state index contributed by atoms with van der Waals surface area (Å²) in [5.41, 5.74) is 3.52. The third kappa shape index (κ3) is 4.76. The number of aliphatic imine (C=N–C) groups is 1. The van der Waals surface area contributed by atoms with Crippen LogP contribution in [0.3, 0.4) is 0 Å². The van der Waals surface area contributed by atoms with Crippen molar-refractivity contribution in [2.24, 2.45) is 4.99 Å². The predicted octanol–water partition coefficient (Wildman–Crippen LogP) is 2.81. The van der Waals surface area contributed by atoms with E-state index in [1.807, 2.05) is 38.1 Å². The summed E-state index contributed by atoms with van der Waals surface area (Å²) >= 11 is 0. The van der Waals surface area contributed by atoms with Crippen LogP contribution >= 0.6 is 0 Å². The third-order valence-electron chi connectivity index (χ3n) is 6.17. The van der Waals surface area contributed by atoms with Crippen LogP contribution in [-0.4, -0.2) is 54.2 Å². The van der Waals surface area contributed by atoms with Gasteiger partial charge in [-0.25, -0.2) is 4.79 Å². The maximum atomic E-state index is 13.0. The number of carbonyl (C=O) groups is 3. The Morgan fingerprint density at radius 3 is 2.66 bits per heavy atom. The zero-order valence-electron chi connectivity index (χ0n) is 20.3. The van der Waals surface area contributed by atoms with Crippen molar-refractivity contribution in [2.45, 2.75) is 39.3 Å². The van der Waals surface area contributed by atoms with Gasteiger partial charge >= 0.3 is 6.03 Å². The molecule has 0 aliphatic carbocycles. The van der Waals surface area contributed by atoms with Crippen molar-refractivity contribution < 1.29 is 19.1 Å². The highest BCUT2D eigenvalue weighted by Gasteiger charge is 2.48. The number of urea groups is 1. The van der Waals surface area contributed by atoms with Gasteiger partial charge in [0.05, 0.1) is 13.7 Å². The molecule has 0 radical (unpaired) electrons. The number of benzene rings is 2. The van der Waals surface area contributed by atoms with Gasteiger partial charge in [-0.2, -0.15) is 0 Å². The fourth-order valence-electron chi connectivity index (χ4n) is 4.30. The highest BCUT2D eigenvalue weighted by molar-refractivity contribution is 6.10. The fourth-order valence-corrected chi connectivity index (χ4v) is 4.30. The summed E-state index contributed by atoms with van der Waals surface area (Å²) in [5, 5.41) is 4.90. The van der Waals surface area contributed by atoms with Gasteiger partial charge in [0, 0.05) is 29.9 Å². The van der Waals surface area contributed by atoms with Gasteiger partial charge in [-0.15, -0.1) is 0 Å². The van der Waals surface area contributed by atoms with E-state index in [9.17, 15) is 14.4 Å². The van der Waals surface area contributed by atoms with Crippen LogP contribution in [0.25, 0.3) is 0 Å². The van der Waals surface area contributed by atoms with Gasteiger partial charge in [0.1, 0.15) is 5.75 Å². The average molecular weight is 473 g/mol. The summed E-state index contributed by atoms with van der Waals surface area (Å²) in [4.78, 5) is 44.0. The second-order valence-electron chi connectivity index (χ2n) is 8.74. The maximum Gasteiger partial charge on any atom is 0.323 e. The zero-order valence-corrected chi connectivity index (χ0v) is 20.3. The van der Waals surface area contributed by atoms with Crippen LogP contribution in [0.2, 0.25) is 0 Å². The van der Waals surface area contributed by atoms with Crippen molar-refractivity contribution >= 4 is 23.6 Å². The Bertz CT molecular complexity index is 1300. The normalized spacial score (nSPS) is 19.1. The number of rotatable bonds is 6. The van der Waals surface area contributed by atoms with Crippen molar-refractivity contribution in [2.75, 3.05) is 20.2 Å². The summed E-state index contributed by atoms with van der Waals surface area (Å²) < 4.78 is 5.23. The van der Waals surface area contributed by atoms with E-state index < -0.39 is 17.5 Å². The number of methoxy groups -OCH3 is 1. The molecule has 35 heavy (non-hydrogen) atoms. The van der Waals surface area contributed by atoms with Crippen LogP contribution < -0.4 is 15.4 Å². The Balaban J connectivity index is 1.61. The number of aryl methyl sites for hydroxylation is 1. The van der Waals surface area contributed by atoms with Gasteiger partial charge in [0.2, 0.25) is 5.54 Å². The maximum absolute atomic E-state index is 13.0. The Morgan fingerprint density at radius 1 is 1.20 bits per heavy atom. The molecule has 0 saturated carbocycles. The SMILES string of the molecule is CCC/N=C(\C)c1ccc(C#C[C@]2(CN3Cc4ccc(OC)cc4C3=O)NC(=O)NC2=O)cc1C. The van der Waals surface area contributed by atoms with Gasteiger partial charge < -0.3 is 15.0 Å². The second-order valence-corrected chi connectivity index (χ2v) is 8.74. The number of ether oxygens (including phenoxy) is 1. The lowest BCUT2D eigenvalue weighted by atomic mass is 9.97. The number of imide groups is 1. The second kappa shape index (κ2) is 9.63. The van der Waals surface area contributed by atoms with E-state index in [-0.39, 0.29) is 12.5 Å². The molecular formula is C27H28N4O4. The Kier molecular flexibility index (Phi) is 6.61. The lowest BCUT2D eigenvalue weighted by Crippen LogP contribution is -2.54. The molecule has 1 saturated heterocycles. The fraction of sp³-hybridized carbons (Fsp3) is 0.333. The summed E-state index contributed by atoms with van der Waals surface area (Å²) in [7, 11) is 1.54. The molecule has 0 spiro atoms. The quantitative estimate of drug-likeness (QED) is 0.384. The minimum Gasteiger partial charge on any atom is -0.497 e. The minimum atomic E-state index is -1.55. The highest BCUT2D eigenvalue weighted by atomic mass is 16.5. The van der Waals surface area contributed by atoms with Gasteiger partial charge in [-0.3, -0.25) is 19.9 Å². The molecule has 8 heteroatoms. The van der Waals surface area contributed by atoms with Gasteiger partial charge in [0.15, 0.2) is 0 Å². The molecule has 180 valence electrons. The molecule has 1 fully saturated rings. The average Bonchev–Trinajstić information content (AvgIpc) is 3.30. The number of nitrogens with zero attached hydrogens (tertiary/aromatic N) is 2. The molecule has 4 rings (SSSR count). The van der Waals surface area contributed by atoms with Crippen molar-refractivity contribution in [1.82, 2.24) is 15.5 Å².